The second-order valence-corrected chi connectivity index (χ2v) is 7.23. The molecule has 0 bridgehead atoms. The molecule has 4 rings (SSSR count). The number of aliphatic hydroxyl groups is 4. The third-order valence-corrected chi connectivity index (χ3v) is 5.47. The molecule has 2 aromatic carbocycles. The largest absolute Gasteiger partial charge is 0.394 e. The summed E-state index contributed by atoms with van der Waals surface area (Å²) in [5.41, 5.74) is 4.27. The summed E-state index contributed by atoms with van der Waals surface area (Å²) >= 11 is 0. The molecule has 6 nitrogen and oxygen atoms in total. The van der Waals surface area contributed by atoms with E-state index in [4.69, 9.17) is 15.9 Å². The maximum atomic E-state index is 10.6. The fourth-order valence-corrected chi connectivity index (χ4v) is 3.88. The molecule has 0 amide bonds. The van der Waals surface area contributed by atoms with E-state index in [1.54, 1.807) is 0 Å². The summed E-state index contributed by atoms with van der Waals surface area (Å²) in [5.74, 6) is 0.967. The minimum absolute atomic E-state index is 0.199. The maximum Gasteiger partial charge on any atom is 0.225 e. The fourth-order valence-electron chi connectivity index (χ4n) is 3.88. The lowest BCUT2D eigenvalue weighted by atomic mass is 9.86. The van der Waals surface area contributed by atoms with Crippen LogP contribution in [-0.2, 0) is 28.3 Å². The standard InChI is InChI=1S/C22H22O6/c1-2-13-3-5-14(6-4-13)9-15-7-8-16-12-27-22(17(16)10-15)21(26)20(25)19(24)18(11-23)28-22/h1,3-8,10,18-21,23-26H,9,11-12H2/t18-,19-,20+,21-,22+/m1/s1. The van der Waals surface area contributed by atoms with Gasteiger partial charge in [-0.3, -0.25) is 0 Å². The molecule has 0 aromatic heterocycles. The molecule has 2 aromatic rings. The first kappa shape index (κ1) is 19.1. The molecule has 0 radical (unpaired) electrons. The zero-order valence-corrected chi connectivity index (χ0v) is 15.2. The number of rotatable bonds is 3. The van der Waals surface area contributed by atoms with Gasteiger partial charge in [0, 0.05) is 11.1 Å². The Labute approximate surface area is 163 Å². The number of fused-ring (bicyclic) bond motifs is 2. The topological polar surface area (TPSA) is 99.4 Å². The van der Waals surface area contributed by atoms with E-state index in [1.165, 1.54) is 0 Å². The van der Waals surface area contributed by atoms with Crippen molar-refractivity contribution in [1.82, 2.24) is 0 Å². The van der Waals surface area contributed by atoms with Crippen LogP contribution in [0.1, 0.15) is 27.8 Å². The molecule has 0 aliphatic carbocycles. The van der Waals surface area contributed by atoms with E-state index in [9.17, 15) is 20.4 Å². The zero-order valence-electron chi connectivity index (χ0n) is 15.2. The van der Waals surface area contributed by atoms with Crippen LogP contribution >= 0.6 is 0 Å². The summed E-state index contributed by atoms with van der Waals surface area (Å²) in [6, 6.07) is 13.4. The average molecular weight is 382 g/mol. The number of hydrogen-bond acceptors (Lipinski definition) is 6. The molecule has 2 aliphatic rings. The first-order valence-corrected chi connectivity index (χ1v) is 9.13. The number of terminal acetylenes is 1. The second kappa shape index (κ2) is 7.30. The molecule has 146 valence electrons. The Balaban J connectivity index is 1.67. The van der Waals surface area contributed by atoms with E-state index >= 15 is 0 Å². The molecule has 0 unspecified atom stereocenters. The van der Waals surface area contributed by atoms with E-state index in [0.717, 1.165) is 22.3 Å². The van der Waals surface area contributed by atoms with E-state index in [2.05, 4.69) is 5.92 Å². The van der Waals surface area contributed by atoms with Crippen molar-refractivity contribution in [3.63, 3.8) is 0 Å². The minimum atomic E-state index is -1.62. The van der Waals surface area contributed by atoms with Crippen molar-refractivity contribution in [2.75, 3.05) is 6.61 Å². The van der Waals surface area contributed by atoms with Gasteiger partial charge in [-0.25, -0.2) is 0 Å². The van der Waals surface area contributed by atoms with E-state index in [1.807, 2.05) is 42.5 Å². The minimum Gasteiger partial charge on any atom is -0.394 e. The quantitative estimate of drug-likeness (QED) is 0.574. The third-order valence-electron chi connectivity index (χ3n) is 5.47. The van der Waals surface area contributed by atoms with Gasteiger partial charge in [0.15, 0.2) is 0 Å². The van der Waals surface area contributed by atoms with Crippen LogP contribution in [0.2, 0.25) is 0 Å². The SMILES string of the molecule is C#Cc1ccc(Cc2ccc3c(c2)[C@]2(OC3)O[C@H](CO)[C@@H](O)[C@H](O)[C@H]2O)cc1. The van der Waals surface area contributed by atoms with Crippen molar-refractivity contribution in [1.29, 1.82) is 0 Å². The Bertz CT molecular complexity index is 900. The normalized spacial score (nSPS) is 31.5. The first-order valence-electron chi connectivity index (χ1n) is 9.13. The summed E-state index contributed by atoms with van der Waals surface area (Å²) in [6.07, 6.45) is 0.566. The van der Waals surface area contributed by atoms with Crippen LogP contribution in [0.25, 0.3) is 0 Å². The number of hydrogen-bond donors (Lipinski definition) is 4. The predicted octanol–water partition coefficient (Wildman–Crippen LogP) is 0.415. The first-order chi connectivity index (χ1) is 13.5. The average Bonchev–Trinajstić information content (AvgIpc) is 3.08. The van der Waals surface area contributed by atoms with Gasteiger partial charge in [-0.1, -0.05) is 30.2 Å². The number of benzene rings is 2. The highest BCUT2D eigenvalue weighted by Crippen LogP contribution is 2.46. The summed E-state index contributed by atoms with van der Waals surface area (Å²) < 4.78 is 11.6. The van der Waals surface area contributed by atoms with Gasteiger partial charge in [0.2, 0.25) is 5.79 Å². The number of aliphatic hydroxyl groups excluding tert-OH is 4. The van der Waals surface area contributed by atoms with Gasteiger partial charge in [-0.15, -0.1) is 6.42 Å². The number of ether oxygens (including phenoxy) is 2. The summed E-state index contributed by atoms with van der Waals surface area (Å²) in [5, 5.41) is 40.4. The van der Waals surface area contributed by atoms with Gasteiger partial charge < -0.3 is 29.9 Å². The van der Waals surface area contributed by atoms with E-state index in [0.29, 0.717) is 12.0 Å². The molecular formula is C22H22O6. The van der Waals surface area contributed by atoms with Crippen LogP contribution in [0.5, 0.6) is 0 Å². The maximum absolute atomic E-state index is 10.6. The van der Waals surface area contributed by atoms with Crippen LogP contribution in [-0.4, -0.2) is 51.4 Å². The highest BCUT2D eigenvalue weighted by molar-refractivity contribution is 5.42. The lowest BCUT2D eigenvalue weighted by molar-refractivity contribution is -0.368. The Morgan fingerprint density at radius 1 is 1.04 bits per heavy atom. The molecule has 0 saturated carbocycles. The Hall–Kier alpha value is -2.24. The van der Waals surface area contributed by atoms with Crippen LogP contribution in [0.4, 0.5) is 0 Å². The molecular weight excluding hydrogens is 360 g/mol. The predicted molar refractivity (Wildman–Crippen MR) is 100 cm³/mol. The van der Waals surface area contributed by atoms with Crippen LogP contribution in [0.3, 0.4) is 0 Å². The van der Waals surface area contributed by atoms with Gasteiger partial charge in [0.25, 0.3) is 0 Å². The fraction of sp³-hybridized carbons (Fsp3) is 0.364. The molecule has 1 spiro atoms. The van der Waals surface area contributed by atoms with Gasteiger partial charge in [0.1, 0.15) is 24.4 Å². The molecule has 1 saturated heterocycles. The van der Waals surface area contributed by atoms with Gasteiger partial charge in [-0.2, -0.15) is 0 Å². The Morgan fingerprint density at radius 2 is 1.75 bits per heavy atom. The van der Waals surface area contributed by atoms with Crippen molar-refractivity contribution in [2.45, 2.75) is 43.2 Å². The summed E-state index contributed by atoms with van der Waals surface area (Å²) in [7, 11) is 0. The highest BCUT2D eigenvalue weighted by atomic mass is 16.7. The van der Waals surface area contributed by atoms with E-state index in [-0.39, 0.29) is 6.61 Å². The van der Waals surface area contributed by atoms with Crippen LogP contribution < -0.4 is 0 Å². The van der Waals surface area contributed by atoms with Gasteiger partial charge in [0.05, 0.1) is 13.2 Å². The smallest absolute Gasteiger partial charge is 0.225 e. The van der Waals surface area contributed by atoms with Crippen molar-refractivity contribution in [2.24, 2.45) is 0 Å². The van der Waals surface area contributed by atoms with Crippen molar-refractivity contribution >= 4 is 0 Å². The molecule has 2 aliphatic heterocycles. The molecule has 2 heterocycles. The van der Waals surface area contributed by atoms with Crippen molar-refractivity contribution in [3.8, 4) is 12.3 Å². The van der Waals surface area contributed by atoms with Gasteiger partial charge >= 0.3 is 0 Å². The Morgan fingerprint density at radius 3 is 2.43 bits per heavy atom. The highest BCUT2D eigenvalue weighted by Gasteiger charge is 2.58. The van der Waals surface area contributed by atoms with Crippen molar-refractivity contribution in [3.05, 3.63) is 70.3 Å². The molecule has 4 N–H and O–H groups in total. The molecule has 28 heavy (non-hydrogen) atoms. The summed E-state index contributed by atoms with van der Waals surface area (Å²) in [4.78, 5) is 0. The monoisotopic (exact) mass is 382 g/mol. The molecule has 1 fully saturated rings. The zero-order chi connectivity index (χ0) is 19.9. The Kier molecular flexibility index (Phi) is 4.98. The molecule has 5 atom stereocenters. The molecule has 6 heteroatoms. The third kappa shape index (κ3) is 3.03. The van der Waals surface area contributed by atoms with Crippen molar-refractivity contribution < 1.29 is 29.9 Å². The van der Waals surface area contributed by atoms with E-state index < -0.39 is 36.8 Å². The van der Waals surface area contributed by atoms with Gasteiger partial charge in [-0.05, 0) is 41.3 Å². The lowest BCUT2D eigenvalue weighted by Gasteiger charge is -2.46. The second-order valence-electron chi connectivity index (χ2n) is 7.23. The van der Waals surface area contributed by atoms with Crippen LogP contribution in [0.15, 0.2) is 42.5 Å². The van der Waals surface area contributed by atoms with Crippen LogP contribution in [0, 0.1) is 12.3 Å². The lowest BCUT2D eigenvalue weighted by Crippen LogP contribution is -2.63. The summed E-state index contributed by atoms with van der Waals surface area (Å²) in [6.45, 7) is -0.308.